The van der Waals surface area contributed by atoms with Crippen molar-refractivity contribution in [3.05, 3.63) is 12.4 Å². The first kappa shape index (κ1) is 12.0. The molecular formula is C14H24N4. The van der Waals surface area contributed by atoms with E-state index in [9.17, 15) is 0 Å². The van der Waals surface area contributed by atoms with E-state index in [0.29, 0.717) is 12.0 Å². The molecule has 2 heterocycles. The number of hydrogen-bond acceptors (Lipinski definition) is 3. The van der Waals surface area contributed by atoms with Crippen molar-refractivity contribution in [2.45, 2.75) is 45.2 Å². The Bertz CT molecular complexity index is 377. The number of hydrogen-bond donors (Lipinski definition) is 1. The minimum atomic E-state index is 0.681. The number of nitrogens with one attached hydrogen (secondary N) is 1. The van der Waals surface area contributed by atoms with Crippen LogP contribution in [0.4, 0.5) is 5.95 Å². The summed E-state index contributed by atoms with van der Waals surface area (Å²) in [4.78, 5) is 7.01. The quantitative estimate of drug-likeness (QED) is 0.837. The summed E-state index contributed by atoms with van der Waals surface area (Å²) in [5.41, 5.74) is 0. The van der Waals surface area contributed by atoms with Crippen molar-refractivity contribution in [3.8, 4) is 0 Å². The monoisotopic (exact) mass is 248 g/mol. The van der Waals surface area contributed by atoms with Gasteiger partial charge >= 0.3 is 0 Å². The zero-order valence-corrected chi connectivity index (χ0v) is 11.3. The lowest BCUT2D eigenvalue weighted by molar-refractivity contribution is 0.272. The van der Waals surface area contributed by atoms with Crippen molar-refractivity contribution in [3.63, 3.8) is 0 Å². The van der Waals surface area contributed by atoms with E-state index in [4.69, 9.17) is 0 Å². The van der Waals surface area contributed by atoms with Crippen LogP contribution in [0.2, 0.25) is 0 Å². The minimum absolute atomic E-state index is 0.681. The van der Waals surface area contributed by atoms with Crippen LogP contribution < -0.4 is 5.32 Å². The molecule has 1 aliphatic carbocycles. The molecule has 1 atom stereocenters. The van der Waals surface area contributed by atoms with Gasteiger partial charge in [0.1, 0.15) is 0 Å². The van der Waals surface area contributed by atoms with Crippen molar-refractivity contribution in [1.29, 1.82) is 0 Å². The normalized spacial score (nSPS) is 22.3. The van der Waals surface area contributed by atoms with Crippen molar-refractivity contribution in [1.82, 2.24) is 14.5 Å². The first-order chi connectivity index (χ1) is 8.81. The molecule has 1 saturated carbocycles. The lowest BCUT2D eigenvalue weighted by atomic mass is 10.1. The minimum Gasteiger partial charge on any atom is -0.353 e. The van der Waals surface area contributed by atoms with Gasteiger partial charge in [-0.1, -0.05) is 6.92 Å². The van der Waals surface area contributed by atoms with Crippen LogP contribution in [0.1, 0.15) is 32.6 Å². The van der Waals surface area contributed by atoms with Gasteiger partial charge in [0, 0.05) is 31.5 Å². The fraction of sp³-hybridized carbons (Fsp3) is 0.786. The number of nitrogens with zero attached hydrogens (tertiary/aromatic N) is 3. The largest absolute Gasteiger partial charge is 0.353 e. The molecule has 1 aliphatic heterocycles. The fourth-order valence-electron chi connectivity index (χ4n) is 2.81. The average molecular weight is 248 g/mol. The smallest absolute Gasteiger partial charge is 0.202 e. The molecule has 1 saturated heterocycles. The molecule has 0 radical (unpaired) electrons. The number of anilines is 1. The molecule has 1 aromatic rings. The van der Waals surface area contributed by atoms with Gasteiger partial charge in [-0.3, -0.25) is 0 Å². The Labute approximate surface area is 109 Å². The van der Waals surface area contributed by atoms with E-state index in [2.05, 4.69) is 32.9 Å². The number of likely N-dealkylation sites (tertiary alicyclic amines) is 1. The average Bonchev–Trinajstić information content (AvgIpc) is 2.83. The van der Waals surface area contributed by atoms with E-state index in [-0.39, 0.29) is 0 Å². The lowest BCUT2D eigenvalue weighted by Gasteiger charge is -2.21. The van der Waals surface area contributed by atoms with Crippen LogP contribution >= 0.6 is 0 Å². The lowest BCUT2D eigenvalue weighted by Crippen LogP contribution is -2.27. The van der Waals surface area contributed by atoms with E-state index >= 15 is 0 Å². The third kappa shape index (κ3) is 3.05. The SMILES string of the molecule is CC(CN1CCCC1)Cn1ccnc1NC1CC1. The summed E-state index contributed by atoms with van der Waals surface area (Å²) in [5, 5.41) is 3.50. The molecular weight excluding hydrogens is 224 g/mol. The summed E-state index contributed by atoms with van der Waals surface area (Å²) < 4.78 is 2.28. The van der Waals surface area contributed by atoms with Gasteiger partial charge in [0.05, 0.1) is 0 Å². The first-order valence-electron chi connectivity index (χ1n) is 7.31. The second-order valence-electron chi connectivity index (χ2n) is 5.93. The van der Waals surface area contributed by atoms with Crippen LogP contribution in [0.15, 0.2) is 12.4 Å². The molecule has 1 unspecified atom stereocenters. The highest BCUT2D eigenvalue weighted by Crippen LogP contribution is 2.24. The summed E-state index contributed by atoms with van der Waals surface area (Å²) in [6, 6.07) is 0.681. The van der Waals surface area contributed by atoms with Crippen molar-refractivity contribution in [2.75, 3.05) is 25.0 Å². The van der Waals surface area contributed by atoms with Gasteiger partial charge < -0.3 is 14.8 Å². The molecule has 0 spiro atoms. The molecule has 18 heavy (non-hydrogen) atoms. The maximum absolute atomic E-state index is 4.42. The van der Waals surface area contributed by atoms with Crippen LogP contribution in [0.5, 0.6) is 0 Å². The Morgan fingerprint density at radius 2 is 2.11 bits per heavy atom. The number of rotatable bonds is 6. The molecule has 2 fully saturated rings. The Balaban J connectivity index is 1.52. The van der Waals surface area contributed by atoms with E-state index in [1.807, 2.05) is 6.20 Å². The molecule has 100 valence electrons. The van der Waals surface area contributed by atoms with Crippen LogP contribution in [0.3, 0.4) is 0 Å². The van der Waals surface area contributed by atoms with Gasteiger partial charge in [0.25, 0.3) is 0 Å². The topological polar surface area (TPSA) is 33.1 Å². The zero-order valence-electron chi connectivity index (χ0n) is 11.3. The summed E-state index contributed by atoms with van der Waals surface area (Å²) in [6.07, 6.45) is 9.38. The Hall–Kier alpha value is -1.03. The van der Waals surface area contributed by atoms with E-state index in [1.54, 1.807) is 0 Å². The molecule has 1 N–H and O–H groups in total. The predicted molar refractivity (Wildman–Crippen MR) is 73.7 cm³/mol. The molecule has 3 rings (SSSR count). The summed E-state index contributed by atoms with van der Waals surface area (Å²) in [5.74, 6) is 1.75. The van der Waals surface area contributed by atoms with Crippen LogP contribution in [-0.2, 0) is 6.54 Å². The molecule has 4 nitrogen and oxygen atoms in total. The first-order valence-corrected chi connectivity index (χ1v) is 7.31. The van der Waals surface area contributed by atoms with Crippen molar-refractivity contribution < 1.29 is 0 Å². The molecule has 0 bridgehead atoms. The maximum atomic E-state index is 4.42. The fourth-order valence-corrected chi connectivity index (χ4v) is 2.81. The van der Waals surface area contributed by atoms with Gasteiger partial charge in [-0.25, -0.2) is 4.98 Å². The predicted octanol–water partition coefficient (Wildman–Crippen LogP) is 2.19. The Morgan fingerprint density at radius 1 is 1.33 bits per heavy atom. The van der Waals surface area contributed by atoms with Gasteiger partial charge in [0.15, 0.2) is 0 Å². The van der Waals surface area contributed by atoms with Gasteiger partial charge in [-0.05, 0) is 44.7 Å². The van der Waals surface area contributed by atoms with Gasteiger partial charge in [-0.15, -0.1) is 0 Å². The second kappa shape index (κ2) is 5.31. The van der Waals surface area contributed by atoms with E-state index < -0.39 is 0 Å². The van der Waals surface area contributed by atoms with Crippen LogP contribution in [0.25, 0.3) is 0 Å². The van der Waals surface area contributed by atoms with Gasteiger partial charge in [-0.2, -0.15) is 0 Å². The molecule has 0 amide bonds. The van der Waals surface area contributed by atoms with Crippen molar-refractivity contribution in [2.24, 2.45) is 5.92 Å². The summed E-state index contributed by atoms with van der Waals surface area (Å²) >= 11 is 0. The summed E-state index contributed by atoms with van der Waals surface area (Å²) in [6.45, 7) is 7.23. The third-order valence-electron chi connectivity index (χ3n) is 3.90. The molecule has 4 heteroatoms. The highest BCUT2D eigenvalue weighted by Gasteiger charge is 2.23. The molecule has 2 aliphatic rings. The van der Waals surface area contributed by atoms with E-state index in [1.165, 1.54) is 45.3 Å². The second-order valence-corrected chi connectivity index (χ2v) is 5.93. The number of aromatic nitrogens is 2. The molecule has 1 aromatic heterocycles. The zero-order chi connectivity index (χ0) is 12.4. The summed E-state index contributed by atoms with van der Waals surface area (Å²) in [7, 11) is 0. The third-order valence-corrected chi connectivity index (χ3v) is 3.90. The molecule has 0 aromatic carbocycles. The Morgan fingerprint density at radius 3 is 2.83 bits per heavy atom. The highest BCUT2D eigenvalue weighted by molar-refractivity contribution is 5.29. The maximum Gasteiger partial charge on any atom is 0.202 e. The van der Waals surface area contributed by atoms with Crippen LogP contribution in [-0.4, -0.2) is 40.1 Å². The highest BCUT2D eigenvalue weighted by atomic mass is 15.2. The van der Waals surface area contributed by atoms with E-state index in [0.717, 1.165) is 12.5 Å². The van der Waals surface area contributed by atoms with Crippen LogP contribution in [0, 0.1) is 5.92 Å². The number of imidazole rings is 1. The van der Waals surface area contributed by atoms with Gasteiger partial charge in [0.2, 0.25) is 5.95 Å². The Kier molecular flexibility index (Phi) is 3.55. The van der Waals surface area contributed by atoms with Crippen molar-refractivity contribution >= 4 is 5.95 Å². The standard InChI is InChI=1S/C14H24N4/c1-12(10-17-7-2-3-8-17)11-18-9-6-15-14(18)16-13-4-5-13/h6,9,12-13H,2-5,7-8,10-11H2,1H3,(H,15,16).